The summed E-state index contributed by atoms with van der Waals surface area (Å²) in [5.74, 6) is -0.762. The van der Waals surface area contributed by atoms with Crippen LogP contribution in [0, 0.1) is 5.82 Å². The van der Waals surface area contributed by atoms with Gasteiger partial charge in [0.05, 0.1) is 7.11 Å². The van der Waals surface area contributed by atoms with Crippen LogP contribution in [0.3, 0.4) is 0 Å². The third-order valence-electron chi connectivity index (χ3n) is 2.45. The molecule has 0 spiro atoms. The number of ether oxygens (including phenoxy) is 1. The van der Waals surface area contributed by atoms with E-state index in [9.17, 15) is 9.50 Å². The Labute approximate surface area is 88.7 Å². The molecule has 0 bridgehead atoms. The minimum Gasteiger partial charge on any atom is -0.502 e. The lowest BCUT2D eigenvalue weighted by Crippen LogP contribution is -2.06. The van der Waals surface area contributed by atoms with Crippen LogP contribution in [0.5, 0.6) is 11.5 Å². The van der Waals surface area contributed by atoms with Crippen LogP contribution in [0.2, 0.25) is 0 Å². The van der Waals surface area contributed by atoms with Gasteiger partial charge in [-0.05, 0) is 24.9 Å². The predicted octanol–water partition coefficient (Wildman–Crippen LogP) is 1.99. The molecule has 3 nitrogen and oxygen atoms in total. The second kappa shape index (κ2) is 4.98. The molecule has 1 unspecified atom stereocenters. The number of halogens is 1. The summed E-state index contributed by atoms with van der Waals surface area (Å²) in [7, 11) is 1.41. The van der Waals surface area contributed by atoms with Crippen molar-refractivity contribution in [3.63, 3.8) is 0 Å². The maximum atomic E-state index is 13.0. The highest BCUT2D eigenvalue weighted by molar-refractivity contribution is 5.48. The van der Waals surface area contributed by atoms with Crippen LogP contribution in [-0.4, -0.2) is 18.8 Å². The van der Waals surface area contributed by atoms with Gasteiger partial charge in [-0.1, -0.05) is 13.0 Å². The van der Waals surface area contributed by atoms with Crippen LogP contribution in [0.4, 0.5) is 4.39 Å². The first-order chi connectivity index (χ1) is 7.11. The molecule has 0 aromatic heterocycles. The summed E-state index contributed by atoms with van der Waals surface area (Å²) in [6.45, 7) is 2.50. The molecule has 3 N–H and O–H groups in total. The third kappa shape index (κ3) is 2.39. The fourth-order valence-corrected chi connectivity index (χ4v) is 1.57. The Morgan fingerprint density at radius 2 is 2.20 bits per heavy atom. The molecule has 0 saturated heterocycles. The Bertz CT molecular complexity index is 342. The van der Waals surface area contributed by atoms with Crippen molar-refractivity contribution in [2.75, 3.05) is 13.7 Å². The number of nitrogens with two attached hydrogens (primary N) is 1. The molecule has 0 aliphatic rings. The van der Waals surface area contributed by atoms with Crippen LogP contribution in [0.25, 0.3) is 0 Å². The summed E-state index contributed by atoms with van der Waals surface area (Å²) in [4.78, 5) is 0. The van der Waals surface area contributed by atoms with Crippen molar-refractivity contribution in [1.82, 2.24) is 0 Å². The van der Waals surface area contributed by atoms with E-state index >= 15 is 0 Å². The topological polar surface area (TPSA) is 55.5 Å². The lowest BCUT2D eigenvalue weighted by molar-refractivity contribution is 0.350. The Hall–Kier alpha value is -1.29. The molecule has 0 aliphatic heterocycles. The van der Waals surface area contributed by atoms with Crippen LogP contribution < -0.4 is 10.5 Å². The molecule has 1 aromatic rings. The zero-order valence-corrected chi connectivity index (χ0v) is 8.96. The normalized spacial score (nSPS) is 12.5. The minimum absolute atomic E-state index is 0.136. The highest BCUT2D eigenvalue weighted by Crippen LogP contribution is 2.37. The van der Waals surface area contributed by atoms with Gasteiger partial charge in [-0.15, -0.1) is 0 Å². The molecular formula is C11H16FNO2. The highest BCUT2D eigenvalue weighted by Gasteiger charge is 2.17. The van der Waals surface area contributed by atoms with E-state index in [0.29, 0.717) is 6.54 Å². The summed E-state index contributed by atoms with van der Waals surface area (Å²) in [5, 5.41) is 9.46. The average Bonchev–Trinajstić information content (AvgIpc) is 2.22. The van der Waals surface area contributed by atoms with Crippen LogP contribution in [0.15, 0.2) is 12.1 Å². The maximum Gasteiger partial charge on any atom is 0.194 e. The van der Waals surface area contributed by atoms with Gasteiger partial charge in [0.1, 0.15) is 0 Å². The molecule has 0 fully saturated rings. The highest BCUT2D eigenvalue weighted by atomic mass is 19.1. The number of aromatic hydroxyl groups is 1. The average molecular weight is 213 g/mol. The fourth-order valence-electron chi connectivity index (χ4n) is 1.57. The summed E-state index contributed by atoms with van der Waals surface area (Å²) in [6.07, 6.45) is 0.765. The van der Waals surface area contributed by atoms with E-state index < -0.39 is 11.6 Å². The summed E-state index contributed by atoms with van der Waals surface area (Å²) < 4.78 is 18.0. The molecular weight excluding hydrogens is 197 g/mol. The Kier molecular flexibility index (Phi) is 3.91. The smallest absolute Gasteiger partial charge is 0.194 e. The lowest BCUT2D eigenvalue weighted by atomic mass is 9.96. The summed E-state index contributed by atoms with van der Waals surface area (Å²) in [5.41, 5.74) is 6.23. The maximum absolute atomic E-state index is 13.0. The molecule has 1 aromatic carbocycles. The van der Waals surface area contributed by atoms with Crippen molar-refractivity contribution in [2.45, 2.75) is 19.3 Å². The molecule has 0 radical (unpaired) electrons. The van der Waals surface area contributed by atoms with Crippen LogP contribution in [0.1, 0.15) is 24.8 Å². The SMILES string of the molecule is COc1c(C(C)CCN)ccc(F)c1O. The first kappa shape index (κ1) is 11.8. The van der Waals surface area contributed by atoms with Gasteiger partial charge in [0.15, 0.2) is 17.3 Å². The predicted molar refractivity (Wildman–Crippen MR) is 56.7 cm³/mol. The standard InChI is InChI=1S/C11H16FNO2/c1-7(5-6-13)8-3-4-9(12)10(14)11(8)15-2/h3-4,7,14H,5-6,13H2,1-2H3. The van der Waals surface area contributed by atoms with Crippen molar-refractivity contribution >= 4 is 0 Å². The van der Waals surface area contributed by atoms with E-state index in [4.69, 9.17) is 10.5 Å². The molecule has 0 saturated carbocycles. The van der Waals surface area contributed by atoms with Crippen molar-refractivity contribution in [3.05, 3.63) is 23.5 Å². The molecule has 15 heavy (non-hydrogen) atoms. The van der Waals surface area contributed by atoms with Gasteiger partial charge < -0.3 is 15.6 Å². The van der Waals surface area contributed by atoms with Crippen molar-refractivity contribution < 1.29 is 14.2 Å². The quantitative estimate of drug-likeness (QED) is 0.804. The van der Waals surface area contributed by atoms with Gasteiger partial charge in [-0.25, -0.2) is 4.39 Å². The molecule has 84 valence electrons. The zero-order chi connectivity index (χ0) is 11.4. The van der Waals surface area contributed by atoms with Gasteiger partial charge in [-0.3, -0.25) is 0 Å². The van der Waals surface area contributed by atoms with Crippen LogP contribution in [-0.2, 0) is 0 Å². The molecule has 4 heteroatoms. The van der Waals surface area contributed by atoms with E-state index in [2.05, 4.69) is 0 Å². The fraction of sp³-hybridized carbons (Fsp3) is 0.455. The summed E-state index contributed by atoms with van der Waals surface area (Å²) >= 11 is 0. The number of hydrogen-bond acceptors (Lipinski definition) is 3. The van der Waals surface area contributed by atoms with Crippen molar-refractivity contribution in [3.8, 4) is 11.5 Å². The number of methoxy groups -OCH3 is 1. The number of phenolic OH excluding ortho intramolecular Hbond substituents is 1. The number of phenols is 1. The minimum atomic E-state index is -0.671. The summed E-state index contributed by atoms with van der Waals surface area (Å²) in [6, 6.07) is 2.86. The number of benzene rings is 1. The molecule has 1 atom stereocenters. The Morgan fingerprint density at radius 3 is 2.73 bits per heavy atom. The molecule has 0 amide bonds. The van der Waals surface area contributed by atoms with Gasteiger partial charge in [-0.2, -0.15) is 0 Å². The Balaban J connectivity index is 3.12. The Morgan fingerprint density at radius 1 is 1.53 bits per heavy atom. The first-order valence-corrected chi connectivity index (χ1v) is 4.87. The van der Waals surface area contributed by atoms with Gasteiger partial charge in [0.25, 0.3) is 0 Å². The second-order valence-electron chi connectivity index (χ2n) is 3.50. The lowest BCUT2D eigenvalue weighted by Gasteiger charge is -2.16. The van der Waals surface area contributed by atoms with E-state index in [0.717, 1.165) is 12.0 Å². The van der Waals surface area contributed by atoms with Crippen molar-refractivity contribution in [1.29, 1.82) is 0 Å². The number of rotatable bonds is 4. The van der Waals surface area contributed by atoms with E-state index in [1.807, 2.05) is 6.92 Å². The molecule has 0 aliphatic carbocycles. The van der Waals surface area contributed by atoms with Crippen LogP contribution >= 0.6 is 0 Å². The van der Waals surface area contributed by atoms with Gasteiger partial charge in [0, 0.05) is 5.56 Å². The van der Waals surface area contributed by atoms with Gasteiger partial charge >= 0.3 is 0 Å². The first-order valence-electron chi connectivity index (χ1n) is 4.87. The van der Waals surface area contributed by atoms with E-state index in [1.54, 1.807) is 6.07 Å². The zero-order valence-electron chi connectivity index (χ0n) is 8.96. The monoisotopic (exact) mass is 213 g/mol. The van der Waals surface area contributed by atoms with Crippen molar-refractivity contribution in [2.24, 2.45) is 5.73 Å². The van der Waals surface area contributed by atoms with Gasteiger partial charge in [0.2, 0.25) is 0 Å². The molecule has 1 rings (SSSR count). The second-order valence-corrected chi connectivity index (χ2v) is 3.50. The van der Waals surface area contributed by atoms with E-state index in [-0.39, 0.29) is 11.7 Å². The molecule has 0 heterocycles. The van der Waals surface area contributed by atoms with E-state index in [1.165, 1.54) is 13.2 Å². The number of hydrogen-bond donors (Lipinski definition) is 2. The largest absolute Gasteiger partial charge is 0.502 e. The third-order valence-corrected chi connectivity index (χ3v) is 2.45.